The van der Waals surface area contributed by atoms with Crippen molar-refractivity contribution >= 4 is 0 Å². The van der Waals surface area contributed by atoms with Crippen LogP contribution in [-0.4, -0.2) is 36.8 Å². The fourth-order valence-corrected chi connectivity index (χ4v) is 2.65. The molecule has 0 aliphatic rings. The van der Waals surface area contributed by atoms with Crippen LogP contribution in [0.15, 0.2) is 24.3 Å². The molecule has 1 rings (SSSR count). The van der Waals surface area contributed by atoms with Gasteiger partial charge < -0.3 is 14.7 Å². The molecule has 0 amide bonds. The molecule has 0 saturated carbocycles. The van der Waals surface area contributed by atoms with Crippen molar-refractivity contribution in [2.24, 2.45) is 5.92 Å². The molecule has 3 heteroatoms. The van der Waals surface area contributed by atoms with Gasteiger partial charge in [0.1, 0.15) is 5.75 Å². The zero-order valence-electron chi connectivity index (χ0n) is 13.7. The van der Waals surface area contributed by atoms with E-state index in [9.17, 15) is 5.11 Å². The largest absolute Gasteiger partial charge is 0.491 e. The van der Waals surface area contributed by atoms with Crippen molar-refractivity contribution in [2.45, 2.75) is 45.8 Å². The van der Waals surface area contributed by atoms with Crippen LogP contribution in [0.1, 0.15) is 39.7 Å². The van der Waals surface area contributed by atoms with Gasteiger partial charge in [0.2, 0.25) is 0 Å². The Balaban J connectivity index is 3.04. The lowest BCUT2D eigenvalue weighted by Gasteiger charge is -2.35. The number of aliphatic hydroxyl groups is 1. The quantitative estimate of drug-likeness (QED) is 0.831. The van der Waals surface area contributed by atoms with Crippen LogP contribution in [-0.2, 0) is 5.60 Å². The van der Waals surface area contributed by atoms with E-state index >= 15 is 0 Å². The van der Waals surface area contributed by atoms with Gasteiger partial charge in [-0.2, -0.15) is 0 Å². The van der Waals surface area contributed by atoms with Gasteiger partial charge in [0.25, 0.3) is 0 Å². The van der Waals surface area contributed by atoms with Crippen LogP contribution >= 0.6 is 0 Å². The highest BCUT2D eigenvalue weighted by molar-refractivity contribution is 5.33. The second kappa shape index (κ2) is 7.09. The highest BCUT2D eigenvalue weighted by Gasteiger charge is 2.34. The van der Waals surface area contributed by atoms with E-state index in [4.69, 9.17) is 4.74 Å². The first-order valence-corrected chi connectivity index (χ1v) is 7.44. The second-order valence-electron chi connectivity index (χ2n) is 6.14. The molecule has 0 bridgehead atoms. The monoisotopic (exact) mass is 279 g/mol. The molecule has 0 spiro atoms. The summed E-state index contributed by atoms with van der Waals surface area (Å²) in [5.41, 5.74) is 0.119. The molecule has 20 heavy (non-hydrogen) atoms. The molecule has 0 aliphatic carbocycles. The summed E-state index contributed by atoms with van der Waals surface area (Å²) >= 11 is 0. The van der Waals surface area contributed by atoms with Crippen molar-refractivity contribution in [1.82, 2.24) is 4.90 Å². The van der Waals surface area contributed by atoms with E-state index in [0.717, 1.165) is 17.9 Å². The van der Waals surface area contributed by atoms with Crippen molar-refractivity contribution in [2.75, 3.05) is 20.6 Å². The average molecular weight is 279 g/mol. The summed E-state index contributed by atoms with van der Waals surface area (Å²) in [6, 6.07) is 7.85. The number of ether oxygens (including phenoxy) is 1. The number of rotatable bonds is 7. The van der Waals surface area contributed by atoms with E-state index in [2.05, 4.69) is 11.8 Å². The zero-order chi connectivity index (χ0) is 15.3. The summed E-state index contributed by atoms with van der Waals surface area (Å²) in [4.78, 5) is 2.11. The molecular weight excluding hydrogens is 250 g/mol. The molecule has 1 aromatic carbocycles. The summed E-state index contributed by atoms with van der Waals surface area (Å²) in [5, 5.41) is 11.1. The number of hydrogen-bond donors (Lipinski definition) is 1. The number of nitrogens with zero attached hydrogens (tertiary/aromatic N) is 1. The third-order valence-corrected chi connectivity index (χ3v) is 3.70. The van der Waals surface area contributed by atoms with Crippen LogP contribution < -0.4 is 4.74 Å². The Kier molecular flexibility index (Phi) is 6.03. The molecule has 114 valence electrons. The number of hydrogen-bond acceptors (Lipinski definition) is 3. The Morgan fingerprint density at radius 3 is 2.40 bits per heavy atom. The van der Waals surface area contributed by atoms with Crippen LogP contribution in [0.3, 0.4) is 0 Å². The SMILES string of the molecule is CC[C@](O)(c1cccc(OC(C)C)c1)[C@H](C)CN(C)C. The van der Waals surface area contributed by atoms with E-state index in [1.165, 1.54) is 0 Å². The smallest absolute Gasteiger partial charge is 0.120 e. The van der Waals surface area contributed by atoms with Crippen LogP contribution in [0.4, 0.5) is 0 Å². The third kappa shape index (κ3) is 4.22. The molecule has 0 saturated heterocycles. The van der Waals surface area contributed by atoms with E-state index in [0.29, 0.717) is 6.42 Å². The summed E-state index contributed by atoms with van der Waals surface area (Å²) < 4.78 is 5.73. The van der Waals surface area contributed by atoms with Gasteiger partial charge in [-0.25, -0.2) is 0 Å². The zero-order valence-corrected chi connectivity index (χ0v) is 13.7. The Hall–Kier alpha value is -1.06. The molecule has 0 aliphatic heterocycles. The lowest BCUT2D eigenvalue weighted by atomic mass is 9.80. The normalized spacial score (nSPS) is 16.2. The molecule has 2 atom stereocenters. The molecular formula is C17H29NO2. The summed E-state index contributed by atoms with van der Waals surface area (Å²) in [6.07, 6.45) is 0.826. The van der Waals surface area contributed by atoms with Crippen molar-refractivity contribution in [1.29, 1.82) is 0 Å². The summed E-state index contributed by atoms with van der Waals surface area (Å²) in [5.74, 6) is 0.971. The van der Waals surface area contributed by atoms with Gasteiger partial charge in [-0.15, -0.1) is 0 Å². The standard InChI is InChI=1S/C17H29NO2/c1-7-17(19,14(4)12-18(5)6)15-9-8-10-16(11-15)20-13(2)3/h8-11,13-14,19H,7,12H2,1-6H3/t14-,17-/m1/s1. The van der Waals surface area contributed by atoms with Crippen LogP contribution in [0.25, 0.3) is 0 Å². The minimum atomic E-state index is -0.819. The highest BCUT2D eigenvalue weighted by atomic mass is 16.5. The van der Waals surface area contributed by atoms with E-state index in [1.807, 2.05) is 59.1 Å². The lowest BCUT2D eigenvalue weighted by Crippen LogP contribution is -2.38. The first-order chi connectivity index (χ1) is 9.29. The molecule has 0 fully saturated rings. The van der Waals surface area contributed by atoms with Crippen LogP contribution in [0.2, 0.25) is 0 Å². The number of benzene rings is 1. The third-order valence-electron chi connectivity index (χ3n) is 3.70. The van der Waals surface area contributed by atoms with Crippen LogP contribution in [0, 0.1) is 5.92 Å². The average Bonchev–Trinajstić information content (AvgIpc) is 2.36. The van der Waals surface area contributed by atoms with Crippen molar-refractivity contribution in [3.63, 3.8) is 0 Å². The van der Waals surface area contributed by atoms with Gasteiger partial charge >= 0.3 is 0 Å². The minimum absolute atomic E-state index is 0.138. The molecule has 0 heterocycles. The maximum atomic E-state index is 11.1. The predicted molar refractivity (Wildman–Crippen MR) is 84.1 cm³/mol. The predicted octanol–water partition coefficient (Wildman–Crippen LogP) is 3.27. The highest BCUT2D eigenvalue weighted by Crippen LogP contribution is 2.35. The maximum absolute atomic E-state index is 11.1. The van der Waals surface area contributed by atoms with Crippen LogP contribution in [0.5, 0.6) is 5.75 Å². The van der Waals surface area contributed by atoms with Gasteiger partial charge in [-0.05, 0) is 52.1 Å². The second-order valence-corrected chi connectivity index (χ2v) is 6.14. The van der Waals surface area contributed by atoms with Crippen molar-refractivity contribution in [3.05, 3.63) is 29.8 Å². The molecule has 1 N–H and O–H groups in total. The topological polar surface area (TPSA) is 32.7 Å². The molecule has 3 nitrogen and oxygen atoms in total. The fourth-order valence-electron chi connectivity index (χ4n) is 2.65. The first-order valence-electron chi connectivity index (χ1n) is 7.44. The molecule has 1 aromatic rings. The van der Waals surface area contributed by atoms with Crippen molar-refractivity contribution < 1.29 is 9.84 Å². The summed E-state index contributed by atoms with van der Waals surface area (Å²) in [7, 11) is 4.07. The fraction of sp³-hybridized carbons (Fsp3) is 0.647. The molecule has 0 radical (unpaired) electrons. The lowest BCUT2D eigenvalue weighted by molar-refractivity contribution is -0.0293. The molecule has 0 aromatic heterocycles. The Morgan fingerprint density at radius 2 is 1.90 bits per heavy atom. The Morgan fingerprint density at radius 1 is 1.25 bits per heavy atom. The van der Waals surface area contributed by atoms with Crippen molar-refractivity contribution in [3.8, 4) is 5.75 Å². The van der Waals surface area contributed by atoms with Gasteiger partial charge in [0.05, 0.1) is 11.7 Å². The van der Waals surface area contributed by atoms with Gasteiger partial charge in [0.15, 0.2) is 0 Å². The molecule has 0 unspecified atom stereocenters. The van der Waals surface area contributed by atoms with E-state index < -0.39 is 5.60 Å². The Bertz CT molecular complexity index is 417. The first kappa shape index (κ1) is 17.0. The maximum Gasteiger partial charge on any atom is 0.120 e. The van der Waals surface area contributed by atoms with E-state index in [-0.39, 0.29) is 12.0 Å². The van der Waals surface area contributed by atoms with Gasteiger partial charge in [-0.3, -0.25) is 0 Å². The summed E-state index contributed by atoms with van der Waals surface area (Å²) in [6.45, 7) is 8.99. The van der Waals surface area contributed by atoms with E-state index in [1.54, 1.807) is 0 Å². The van der Waals surface area contributed by atoms with Gasteiger partial charge in [-0.1, -0.05) is 26.0 Å². The van der Waals surface area contributed by atoms with Gasteiger partial charge in [0, 0.05) is 12.5 Å². The minimum Gasteiger partial charge on any atom is -0.491 e. The Labute approximate surface area is 123 Å².